The van der Waals surface area contributed by atoms with Gasteiger partial charge in [-0.2, -0.15) is 0 Å². The molecule has 4 unspecified atom stereocenters. The van der Waals surface area contributed by atoms with E-state index in [1.807, 2.05) is 0 Å². The van der Waals surface area contributed by atoms with Gasteiger partial charge in [0.15, 0.2) is 12.2 Å². The third kappa shape index (κ3) is 62.0. The summed E-state index contributed by atoms with van der Waals surface area (Å²) in [5, 5.41) is 10.6. The summed E-state index contributed by atoms with van der Waals surface area (Å²) < 4.78 is 68.2. The lowest BCUT2D eigenvalue weighted by molar-refractivity contribution is -0.161. The van der Waals surface area contributed by atoms with E-state index in [4.69, 9.17) is 37.0 Å². The van der Waals surface area contributed by atoms with E-state index in [-0.39, 0.29) is 25.7 Å². The fraction of sp³-hybridized carbons (Fsp3) is 0.943. The van der Waals surface area contributed by atoms with Gasteiger partial charge in [0.2, 0.25) is 0 Å². The molecule has 0 aliphatic carbocycles. The summed E-state index contributed by atoms with van der Waals surface area (Å²) in [6, 6.07) is 0. The molecule has 0 aromatic carbocycles. The van der Waals surface area contributed by atoms with Crippen molar-refractivity contribution >= 4 is 39.5 Å². The molecule has 0 heterocycles. The second kappa shape index (κ2) is 59.8. The van der Waals surface area contributed by atoms with Crippen molar-refractivity contribution < 1.29 is 80.2 Å². The number of aliphatic hydroxyl groups excluding tert-OH is 1. The molecule has 0 aromatic heterocycles. The topological polar surface area (TPSA) is 237 Å². The van der Waals surface area contributed by atoms with Gasteiger partial charge in [-0.3, -0.25) is 37.3 Å². The Morgan fingerprint density at radius 2 is 0.539 bits per heavy atom. The molecule has 89 heavy (non-hydrogen) atoms. The van der Waals surface area contributed by atoms with Crippen LogP contribution in [0.5, 0.6) is 0 Å². The van der Waals surface area contributed by atoms with Crippen LogP contribution >= 0.6 is 15.6 Å². The van der Waals surface area contributed by atoms with Crippen molar-refractivity contribution in [3.8, 4) is 0 Å². The summed E-state index contributed by atoms with van der Waals surface area (Å²) in [4.78, 5) is 72.4. The molecule has 0 bridgehead atoms. The highest BCUT2D eigenvalue weighted by atomic mass is 31.2. The molecule has 0 saturated carbocycles. The quantitative estimate of drug-likeness (QED) is 0.0222. The number of hydrogen-bond donors (Lipinski definition) is 3. The Balaban J connectivity index is 5.18. The fourth-order valence-electron chi connectivity index (χ4n) is 10.4. The smallest absolute Gasteiger partial charge is 0.462 e. The van der Waals surface area contributed by atoms with E-state index in [1.165, 1.54) is 141 Å². The summed E-state index contributed by atoms with van der Waals surface area (Å²) in [5.74, 6) is 0.851. The Morgan fingerprint density at radius 3 is 0.798 bits per heavy atom. The zero-order valence-corrected chi connectivity index (χ0v) is 59.8. The van der Waals surface area contributed by atoms with Gasteiger partial charge in [0, 0.05) is 25.7 Å². The Morgan fingerprint density at radius 1 is 0.315 bits per heavy atom. The predicted octanol–water partition coefficient (Wildman–Crippen LogP) is 19.7. The number of hydrogen-bond acceptors (Lipinski definition) is 15. The highest BCUT2D eigenvalue weighted by Gasteiger charge is 2.30. The zero-order chi connectivity index (χ0) is 66.1. The van der Waals surface area contributed by atoms with E-state index < -0.39 is 97.5 Å². The molecular weight excluding hydrogens is 1170 g/mol. The van der Waals surface area contributed by atoms with Crippen LogP contribution in [0.1, 0.15) is 344 Å². The number of aliphatic hydroxyl groups is 1. The van der Waals surface area contributed by atoms with E-state index in [9.17, 15) is 43.2 Å². The van der Waals surface area contributed by atoms with Gasteiger partial charge in [-0.1, -0.05) is 293 Å². The average molecular weight is 1310 g/mol. The maximum atomic E-state index is 13.0. The second-order valence-electron chi connectivity index (χ2n) is 26.7. The lowest BCUT2D eigenvalue weighted by atomic mass is 9.99. The zero-order valence-electron chi connectivity index (χ0n) is 58.1. The van der Waals surface area contributed by atoms with Crippen molar-refractivity contribution in [3.05, 3.63) is 0 Å². The van der Waals surface area contributed by atoms with Gasteiger partial charge in [0.05, 0.1) is 26.4 Å². The van der Waals surface area contributed by atoms with Gasteiger partial charge in [-0.05, 0) is 49.4 Å². The molecular formula is C70H136O17P2. The van der Waals surface area contributed by atoms with Crippen LogP contribution in [0.25, 0.3) is 0 Å². The van der Waals surface area contributed by atoms with E-state index >= 15 is 0 Å². The van der Waals surface area contributed by atoms with Crippen LogP contribution in [0.2, 0.25) is 0 Å². The Kier molecular flexibility index (Phi) is 58.5. The molecule has 3 N–H and O–H groups in total. The van der Waals surface area contributed by atoms with Crippen molar-refractivity contribution in [1.82, 2.24) is 0 Å². The lowest BCUT2D eigenvalue weighted by Crippen LogP contribution is -2.30. The molecule has 0 aromatic rings. The summed E-state index contributed by atoms with van der Waals surface area (Å²) in [6.07, 6.45) is 41.9. The third-order valence-electron chi connectivity index (χ3n) is 16.8. The van der Waals surface area contributed by atoms with Crippen molar-refractivity contribution in [2.24, 2.45) is 23.7 Å². The minimum absolute atomic E-state index is 0.102. The first-order valence-corrected chi connectivity index (χ1v) is 39.3. The molecule has 7 atom stereocenters. The van der Waals surface area contributed by atoms with Crippen molar-refractivity contribution in [1.29, 1.82) is 0 Å². The average Bonchev–Trinajstić information content (AvgIpc) is 3.71. The molecule has 17 nitrogen and oxygen atoms in total. The summed E-state index contributed by atoms with van der Waals surface area (Å²) in [6.45, 7) is 14.0. The number of ether oxygens (including phenoxy) is 4. The van der Waals surface area contributed by atoms with Gasteiger partial charge < -0.3 is 33.8 Å². The number of rotatable bonds is 67. The van der Waals surface area contributed by atoms with Crippen LogP contribution in [-0.2, 0) is 65.4 Å². The molecule has 0 radical (unpaired) electrons. The molecule has 528 valence electrons. The molecule has 0 rings (SSSR count). The van der Waals surface area contributed by atoms with Crippen LogP contribution in [0.4, 0.5) is 0 Å². The maximum Gasteiger partial charge on any atom is 0.472 e. The summed E-state index contributed by atoms with van der Waals surface area (Å²) in [7, 11) is -9.90. The van der Waals surface area contributed by atoms with Gasteiger partial charge in [-0.15, -0.1) is 0 Å². The number of phosphoric ester groups is 2. The molecule has 0 amide bonds. The predicted molar refractivity (Wildman–Crippen MR) is 358 cm³/mol. The molecule has 0 fully saturated rings. The van der Waals surface area contributed by atoms with E-state index in [0.29, 0.717) is 31.6 Å². The van der Waals surface area contributed by atoms with Crippen molar-refractivity contribution in [2.75, 3.05) is 39.6 Å². The Bertz CT molecular complexity index is 1770. The van der Waals surface area contributed by atoms with E-state index in [2.05, 4.69) is 55.4 Å². The number of carbonyl (C=O) groups is 4. The van der Waals surface area contributed by atoms with Gasteiger partial charge >= 0.3 is 39.5 Å². The van der Waals surface area contributed by atoms with E-state index in [1.54, 1.807) is 0 Å². The van der Waals surface area contributed by atoms with Crippen LogP contribution in [-0.4, -0.2) is 96.7 Å². The SMILES string of the molecule is CCC(C)CCCCCCCCCCCCCCCCC(=O)OC[C@H](COP(=O)(O)OC[C@@H](O)COP(=O)(O)OC[C@@H](COC(=O)CCCCCCCCC(C)CC)OC(=O)CCCCCCCCCCCC(C)C)OC(=O)CCCCCCCCC(C)C. The summed E-state index contributed by atoms with van der Waals surface area (Å²) in [5.41, 5.74) is 0. The minimum Gasteiger partial charge on any atom is -0.462 e. The Labute approximate surface area is 543 Å². The molecule has 0 saturated heterocycles. The van der Waals surface area contributed by atoms with Crippen LogP contribution in [0.15, 0.2) is 0 Å². The normalized spacial score (nSPS) is 14.9. The molecule has 0 spiro atoms. The molecule has 19 heteroatoms. The monoisotopic (exact) mass is 1310 g/mol. The van der Waals surface area contributed by atoms with Crippen molar-refractivity contribution in [2.45, 2.75) is 363 Å². The number of unbranched alkanes of at least 4 members (excludes halogenated alkanes) is 31. The lowest BCUT2D eigenvalue weighted by Gasteiger charge is -2.21. The standard InChI is InChI=1S/C70H136O17P2/c1-9-62(7)48-40-32-23-19-15-13-11-12-14-16-20-24-34-42-50-67(72)80-56-66(87-70(75)53-45-37-28-26-31-39-47-61(5)6)59-85-89(78,79)83-55-64(71)54-82-88(76,77)84-58-65(57-81-68(73)51-43-35-29-27-33-41-49-63(8)10-2)86-69(74)52-44-36-25-21-17-18-22-30-38-46-60(3)4/h60-66,71H,9-59H2,1-8H3,(H,76,77)(H,78,79)/t62?,63?,64-,65+,66+/m0/s1. The summed E-state index contributed by atoms with van der Waals surface area (Å²) >= 11 is 0. The van der Waals surface area contributed by atoms with Gasteiger partial charge in [-0.25, -0.2) is 9.13 Å². The highest BCUT2D eigenvalue weighted by Crippen LogP contribution is 2.45. The second-order valence-corrected chi connectivity index (χ2v) is 29.6. The van der Waals surface area contributed by atoms with Gasteiger partial charge in [0.1, 0.15) is 19.3 Å². The van der Waals surface area contributed by atoms with Crippen molar-refractivity contribution in [3.63, 3.8) is 0 Å². The fourth-order valence-corrected chi connectivity index (χ4v) is 12.0. The molecule has 0 aliphatic rings. The third-order valence-corrected chi connectivity index (χ3v) is 18.7. The number of carbonyl (C=O) groups excluding carboxylic acids is 4. The minimum atomic E-state index is -4.95. The number of phosphoric acid groups is 2. The van der Waals surface area contributed by atoms with Crippen LogP contribution in [0, 0.1) is 23.7 Å². The van der Waals surface area contributed by atoms with E-state index in [0.717, 1.165) is 114 Å². The molecule has 0 aliphatic heterocycles. The van der Waals surface area contributed by atoms with Gasteiger partial charge in [0.25, 0.3) is 0 Å². The maximum absolute atomic E-state index is 13.0. The largest absolute Gasteiger partial charge is 0.472 e. The van der Waals surface area contributed by atoms with Crippen LogP contribution < -0.4 is 0 Å². The first-order valence-electron chi connectivity index (χ1n) is 36.3. The van der Waals surface area contributed by atoms with Crippen LogP contribution in [0.3, 0.4) is 0 Å². The Hall–Kier alpha value is -1.94. The highest BCUT2D eigenvalue weighted by molar-refractivity contribution is 7.47. The number of esters is 4. The first-order chi connectivity index (χ1) is 42.7. The first kappa shape index (κ1) is 87.1.